The summed E-state index contributed by atoms with van der Waals surface area (Å²) in [6.07, 6.45) is 2.41. The molecule has 1 fully saturated rings. The van der Waals surface area contributed by atoms with Crippen molar-refractivity contribution < 1.29 is 9.53 Å². The second-order valence-corrected chi connectivity index (χ2v) is 4.99. The molecule has 0 bridgehead atoms. The first-order valence-corrected chi connectivity index (χ1v) is 6.50. The summed E-state index contributed by atoms with van der Waals surface area (Å²) in [5.41, 5.74) is 2.77. The zero-order chi connectivity index (χ0) is 13.8. The molecule has 1 aromatic rings. The lowest BCUT2D eigenvalue weighted by Gasteiger charge is -2.19. The van der Waals surface area contributed by atoms with E-state index in [1.807, 2.05) is 6.92 Å². The van der Waals surface area contributed by atoms with E-state index in [0.29, 0.717) is 28.9 Å². The number of rotatable bonds is 4. The number of halogens is 1. The molecule has 6 nitrogen and oxygen atoms in total. The molecule has 0 saturated carbocycles. The first-order chi connectivity index (χ1) is 9.11. The number of nitrogens with one attached hydrogen (secondary N) is 2. The molecule has 0 spiro atoms. The van der Waals surface area contributed by atoms with E-state index >= 15 is 0 Å². The van der Waals surface area contributed by atoms with Crippen LogP contribution >= 0.6 is 11.6 Å². The zero-order valence-electron chi connectivity index (χ0n) is 10.6. The van der Waals surface area contributed by atoms with Gasteiger partial charge < -0.3 is 15.5 Å². The van der Waals surface area contributed by atoms with E-state index in [0.717, 1.165) is 13.0 Å². The lowest BCUT2D eigenvalue weighted by molar-refractivity contribution is 0.0922. The summed E-state index contributed by atoms with van der Waals surface area (Å²) in [5, 5.41) is 3.25. The summed E-state index contributed by atoms with van der Waals surface area (Å²) >= 11 is 5.93. The molecule has 19 heavy (non-hydrogen) atoms. The van der Waals surface area contributed by atoms with Gasteiger partial charge >= 0.3 is 0 Å². The minimum Gasteiger partial charge on any atom is -0.381 e. The summed E-state index contributed by atoms with van der Waals surface area (Å²) in [6, 6.07) is 1.60. The van der Waals surface area contributed by atoms with Crippen molar-refractivity contribution in [1.82, 2.24) is 10.3 Å². The first kappa shape index (κ1) is 14.0. The predicted molar refractivity (Wildman–Crippen MR) is 72.9 cm³/mol. The number of carbonyl (C=O) groups is 1. The van der Waals surface area contributed by atoms with Gasteiger partial charge in [-0.3, -0.25) is 4.79 Å². The topological polar surface area (TPSA) is 89.3 Å². The van der Waals surface area contributed by atoms with E-state index in [2.05, 4.69) is 15.7 Å². The number of nitrogens with zero attached hydrogens (tertiary/aromatic N) is 1. The molecule has 1 saturated heterocycles. The Morgan fingerprint density at radius 2 is 2.47 bits per heavy atom. The van der Waals surface area contributed by atoms with Crippen molar-refractivity contribution in [2.45, 2.75) is 19.4 Å². The molecule has 2 unspecified atom stereocenters. The number of hydrogen-bond donors (Lipinski definition) is 3. The van der Waals surface area contributed by atoms with Crippen LogP contribution in [0.25, 0.3) is 0 Å². The molecule has 1 aromatic heterocycles. The van der Waals surface area contributed by atoms with Crippen LogP contribution in [0.3, 0.4) is 0 Å². The molecule has 2 heterocycles. The molecule has 0 aromatic carbocycles. The van der Waals surface area contributed by atoms with Gasteiger partial charge in [0.1, 0.15) is 0 Å². The Hall–Kier alpha value is -1.37. The maximum Gasteiger partial charge on any atom is 0.253 e. The van der Waals surface area contributed by atoms with E-state index in [4.69, 9.17) is 22.2 Å². The van der Waals surface area contributed by atoms with Gasteiger partial charge in [-0.15, -0.1) is 0 Å². The van der Waals surface area contributed by atoms with E-state index in [-0.39, 0.29) is 11.9 Å². The van der Waals surface area contributed by atoms with Crippen LogP contribution in [0.15, 0.2) is 12.3 Å². The van der Waals surface area contributed by atoms with E-state index < -0.39 is 0 Å². The second-order valence-electron chi connectivity index (χ2n) is 4.58. The Morgan fingerprint density at radius 1 is 1.68 bits per heavy atom. The maximum absolute atomic E-state index is 12.1. The number of nitrogens with two attached hydrogens (primary N) is 1. The standard InChI is InChI=1S/C12H17ClN4O2/c1-7(8-2-3-19-6-8)16-12(18)9-4-10(13)11(17-14)15-5-9/h4-5,7-8H,2-3,6,14H2,1H3,(H,15,17)(H,16,18). The van der Waals surface area contributed by atoms with Crippen molar-refractivity contribution in [2.24, 2.45) is 11.8 Å². The fraction of sp³-hybridized carbons (Fsp3) is 0.500. The van der Waals surface area contributed by atoms with Gasteiger partial charge in [-0.05, 0) is 19.4 Å². The number of pyridine rings is 1. The van der Waals surface area contributed by atoms with Crippen molar-refractivity contribution in [2.75, 3.05) is 18.6 Å². The Bertz CT molecular complexity index is 463. The minimum absolute atomic E-state index is 0.0566. The average Bonchev–Trinajstić information content (AvgIpc) is 2.92. The molecule has 2 atom stereocenters. The summed E-state index contributed by atoms with van der Waals surface area (Å²) in [5.74, 6) is 5.73. The molecule has 1 amide bonds. The van der Waals surface area contributed by atoms with Crippen molar-refractivity contribution in [3.8, 4) is 0 Å². The quantitative estimate of drug-likeness (QED) is 0.571. The second kappa shape index (κ2) is 6.18. The number of nitrogen functional groups attached to an aromatic ring is 1. The SMILES string of the molecule is CC(NC(=O)c1cnc(NN)c(Cl)c1)C1CCOC1. The Kier molecular flexibility index (Phi) is 4.57. The highest BCUT2D eigenvalue weighted by molar-refractivity contribution is 6.33. The lowest BCUT2D eigenvalue weighted by atomic mass is 10.0. The number of hydrogen-bond acceptors (Lipinski definition) is 5. The van der Waals surface area contributed by atoms with Gasteiger partial charge in [0.15, 0.2) is 5.82 Å². The smallest absolute Gasteiger partial charge is 0.253 e. The minimum atomic E-state index is -0.197. The normalized spacial score (nSPS) is 20.1. The molecule has 104 valence electrons. The van der Waals surface area contributed by atoms with Gasteiger partial charge in [0.2, 0.25) is 0 Å². The number of hydrazine groups is 1. The van der Waals surface area contributed by atoms with Crippen LogP contribution in [0.2, 0.25) is 5.02 Å². The van der Waals surface area contributed by atoms with Crippen molar-refractivity contribution in [1.29, 1.82) is 0 Å². The van der Waals surface area contributed by atoms with Crippen molar-refractivity contribution in [3.63, 3.8) is 0 Å². The number of carbonyl (C=O) groups excluding carboxylic acids is 1. The third-order valence-corrected chi connectivity index (χ3v) is 3.56. The molecular weight excluding hydrogens is 268 g/mol. The van der Waals surface area contributed by atoms with E-state index in [9.17, 15) is 4.79 Å². The van der Waals surface area contributed by atoms with E-state index in [1.54, 1.807) is 0 Å². The fourth-order valence-corrected chi connectivity index (χ4v) is 2.24. The van der Waals surface area contributed by atoms with E-state index in [1.165, 1.54) is 12.3 Å². The largest absolute Gasteiger partial charge is 0.381 e. The van der Waals surface area contributed by atoms with Crippen molar-refractivity contribution in [3.05, 3.63) is 22.8 Å². The lowest BCUT2D eigenvalue weighted by Crippen LogP contribution is -2.38. The first-order valence-electron chi connectivity index (χ1n) is 6.12. The van der Waals surface area contributed by atoms with Crippen LogP contribution in [0.1, 0.15) is 23.7 Å². The Labute approximate surface area is 116 Å². The third kappa shape index (κ3) is 3.34. The molecule has 2 rings (SSSR count). The molecule has 4 N–H and O–H groups in total. The molecule has 7 heteroatoms. The van der Waals surface area contributed by atoms with Gasteiger partial charge in [-0.1, -0.05) is 11.6 Å². The van der Waals surface area contributed by atoms with Crippen LogP contribution in [0, 0.1) is 5.92 Å². The summed E-state index contributed by atoms with van der Waals surface area (Å²) in [7, 11) is 0. The highest BCUT2D eigenvalue weighted by atomic mass is 35.5. The van der Waals surface area contributed by atoms with Gasteiger partial charge in [0.05, 0.1) is 17.2 Å². The highest BCUT2D eigenvalue weighted by Gasteiger charge is 2.24. The van der Waals surface area contributed by atoms with Crippen LogP contribution in [0.5, 0.6) is 0 Å². The third-order valence-electron chi connectivity index (χ3n) is 3.27. The van der Waals surface area contributed by atoms with Gasteiger partial charge in [0, 0.05) is 24.8 Å². The number of anilines is 1. The maximum atomic E-state index is 12.1. The zero-order valence-corrected chi connectivity index (χ0v) is 11.4. The summed E-state index contributed by atoms with van der Waals surface area (Å²) < 4.78 is 5.31. The Morgan fingerprint density at radius 3 is 3.05 bits per heavy atom. The monoisotopic (exact) mass is 284 g/mol. The van der Waals surface area contributed by atoms with Crippen molar-refractivity contribution >= 4 is 23.3 Å². The van der Waals surface area contributed by atoms with Crippen LogP contribution in [-0.2, 0) is 4.74 Å². The number of aromatic nitrogens is 1. The van der Waals surface area contributed by atoms with Crippen LogP contribution < -0.4 is 16.6 Å². The Balaban J connectivity index is 2.01. The summed E-state index contributed by atoms with van der Waals surface area (Å²) in [4.78, 5) is 16.0. The molecule has 0 aliphatic carbocycles. The number of amides is 1. The molecule has 0 radical (unpaired) electrons. The number of ether oxygens (including phenoxy) is 1. The van der Waals surface area contributed by atoms with Crippen LogP contribution in [-0.4, -0.2) is 30.1 Å². The summed E-state index contributed by atoms with van der Waals surface area (Å²) in [6.45, 7) is 3.42. The van der Waals surface area contributed by atoms with Gasteiger partial charge in [-0.2, -0.15) is 0 Å². The van der Waals surface area contributed by atoms with Gasteiger partial charge in [-0.25, -0.2) is 10.8 Å². The highest BCUT2D eigenvalue weighted by Crippen LogP contribution is 2.20. The average molecular weight is 285 g/mol. The molecule has 1 aliphatic rings. The van der Waals surface area contributed by atoms with Gasteiger partial charge in [0.25, 0.3) is 5.91 Å². The predicted octanol–water partition coefficient (Wildman–Crippen LogP) is 1.18. The molecular formula is C12H17ClN4O2. The van der Waals surface area contributed by atoms with Crippen LogP contribution in [0.4, 0.5) is 5.82 Å². The molecule has 1 aliphatic heterocycles. The fourth-order valence-electron chi connectivity index (χ4n) is 2.02.